The van der Waals surface area contributed by atoms with E-state index in [1.807, 2.05) is 26.0 Å². The second-order valence-corrected chi connectivity index (χ2v) is 7.81. The van der Waals surface area contributed by atoms with Gasteiger partial charge in [-0.05, 0) is 67.1 Å². The lowest BCUT2D eigenvalue weighted by molar-refractivity contribution is -0.127. The van der Waals surface area contributed by atoms with Gasteiger partial charge in [-0.2, -0.15) is 0 Å². The lowest BCUT2D eigenvalue weighted by Crippen LogP contribution is -2.36. The Morgan fingerprint density at radius 3 is 2.72 bits per heavy atom. The smallest absolute Gasteiger partial charge is 0.294 e. The molecule has 2 aromatic carbocycles. The quantitative estimate of drug-likeness (QED) is 0.482. The molecule has 1 aliphatic heterocycles. The maximum Gasteiger partial charge on any atom is 0.294 e. The van der Waals surface area contributed by atoms with Gasteiger partial charge in [-0.1, -0.05) is 24.1 Å². The Labute approximate surface area is 190 Å². The molecule has 3 amide bonds. The molecule has 0 atom stereocenters. The highest BCUT2D eigenvalue weighted by Crippen LogP contribution is 2.34. The van der Waals surface area contributed by atoms with E-state index >= 15 is 0 Å². The molecule has 0 aromatic heterocycles. The zero-order chi connectivity index (χ0) is 23.1. The molecule has 1 saturated heterocycles. The number of carbonyl (C=O) groups is 3. The van der Waals surface area contributed by atoms with Gasteiger partial charge in [0, 0.05) is 5.69 Å². The first kappa shape index (κ1) is 23.0. The van der Waals surface area contributed by atoms with Crippen molar-refractivity contribution in [2.75, 3.05) is 25.1 Å². The minimum absolute atomic E-state index is 0.100. The van der Waals surface area contributed by atoms with Gasteiger partial charge in [-0.25, -0.2) is 0 Å². The molecule has 2 aromatic rings. The maximum absolute atomic E-state index is 12.7. The fourth-order valence-electron chi connectivity index (χ4n) is 2.98. The molecule has 0 aliphatic carbocycles. The second kappa shape index (κ2) is 10.6. The van der Waals surface area contributed by atoms with E-state index in [-0.39, 0.29) is 18.1 Å². The van der Waals surface area contributed by atoms with Crippen molar-refractivity contribution in [2.24, 2.45) is 0 Å². The van der Waals surface area contributed by atoms with Crippen molar-refractivity contribution in [1.82, 2.24) is 4.90 Å². The summed E-state index contributed by atoms with van der Waals surface area (Å²) in [7, 11) is 0. The first-order chi connectivity index (χ1) is 15.4. The van der Waals surface area contributed by atoms with Gasteiger partial charge in [0.1, 0.15) is 13.2 Å². The molecule has 0 unspecified atom stereocenters. The van der Waals surface area contributed by atoms with Crippen LogP contribution in [-0.2, 0) is 9.59 Å². The zero-order valence-corrected chi connectivity index (χ0v) is 18.5. The van der Waals surface area contributed by atoms with Crippen LogP contribution in [0, 0.1) is 19.3 Å². The number of terminal acetylenes is 1. The van der Waals surface area contributed by atoms with E-state index in [1.54, 1.807) is 36.4 Å². The summed E-state index contributed by atoms with van der Waals surface area (Å²) in [5.41, 5.74) is 2.24. The first-order valence-electron chi connectivity index (χ1n) is 9.86. The Hall–Kier alpha value is -3.70. The summed E-state index contributed by atoms with van der Waals surface area (Å²) in [6, 6.07) is 12.4. The first-order valence-corrected chi connectivity index (χ1v) is 10.7. The number of rotatable bonds is 8. The minimum Gasteiger partial charge on any atom is -0.490 e. The standard InChI is InChI=1S/C24H22N2O5S/c1-4-11-31-19-10-9-17(13-20(19)30-5-2)14-21-23(28)26(24(29)32-21)15-22(27)25-18-8-6-7-16(3)12-18/h1,6-10,12-14H,5,11,15H2,2-3H3,(H,25,27). The molecule has 8 heteroatoms. The molecule has 7 nitrogen and oxygen atoms in total. The lowest BCUT2D eigenvalue weighted by atomic mass is 10.2. The van der Waals surface area contributed by atoms with Gasteiger partial charge in [0.25, 0.3) is 11.1 Å². The molecule has 1 heterocycles. The molecule has 0 spiro atoms. The van der Waals surface area contributed by atoms with Crippen molar-refractivity contribution < 1.29 is 23.9 Å². The largest absolute Gasteiger partial charge is 0.490 e. The Morgan fingerprint density at radius 2 is 2.00 bits per heavy atom. The highest BCUT2D eigenvalue weighted by Gasteiger charge is 2.36. The predicted octanol–water partition coefficient (Wildman–Crippen LogP) is 4.08. The number of imide groups is 1. The molecule has 1 aliphatic rings. The summed E-state index contributed by atoms with van der Waals surface area (Å²) >= 11 is 0.785. The number of nitrogens with zero attached hydrogens (tertiary/aromatic N) is 1. The van der Waals surface area contributed by atoms with E-state index in [4.69, 9.17) is 15.9 Å². The normalized spacial score (nSPS) is 14.4. The summed E-state index contributed by atoms with van der Waals surface area (Å²) in [6.07, 6.45) is 6.81. The number of anilines is 1. The van der Waals surface area contributed by atoms with Crippen molar-refractivity contribution in [1.29, 1.82) is 0 Å². The van der Waals surface area contributed by atoms with Gasteiger partial charge in [0.15, 0.2) is 11.5 Å². The monoisotopic (exact) mass is 450 g/mol. The predicted molar refractivity (Wildman–Crippen MR) is 124 cm³/mol. The van der Waals surface area contributed by atoms with Crippen molar-refractivity contribution in [3.05, 3.63) is 58.5 Å². The molecule has 1 N–H and O–H groups in total. The maximum atomic E-state index is 12.7. The van der Waals surface area contributed by atoms with Crippen LogP contribution in [0.25, 0.3) is 6.08 Å². The molecule has 3 rings (SSSR count). The Balaban J connectivity index is 1.72. The number of hydrogen-bond acceptors (Lipinski definition) is 6. The molecular weight excluding hydrogens is 428 g/mol. The third-order valence-electron chi connectivity index (χ3n) is 4.35. The summed E-state index contributed by atoms with van der Waals surface area (Å²) < 4.78 is 11.0. The molecule has 0 saturated carbocycles. The van der Waals surface area contributed by atoms with E-state index in [1.165, 1.54) is 0 Å². The SMILES string of the molecule is C#CCOc1ccc(C=C2SC(=O)N(CC(=O)Nc3cccc(C)c3)C2=O)cc1OCC. The van der Waals surface area contributed by atoms with Crippen LogP contribution in [0.1, 0.15) is 18.1 Å². The summed E-state index contributed by atoms with van der Waals surface area (Å²) in [5, 5.41) is 2.20. The summed E-state index contributed by atoms with van der Waals surface area (Å²) in [6.45, 7) is 3.90. The Morgan fingerprint density at radius 1 is 1.19 bits per heavy atom. The fraction of sp³-hybridized carbons (Fsp3) is 0.208. The number of amides is 3. The number of thioether (sulfide) groups is 1. The lowest BCUT2D eigenvalue weighted by Gasteiger charge is -2.13. The molecule has 164 valence electrons. The molecule has 0 bridgehead atoms. The minimum atomic E-state index is -0.523. The van der Waals surface area contributed by atoms with Crippen LogP contribution < -0.4 is 14.8 Å². The van der Waals surface area contributed by atoms with Gasteiger partial charge >= 0.3 is 0 Å². The van der Waals surface area contributed by atoms with Gasteiger partial charge in [-0.3, -0.25) is 19.3 Å². The van der Waals surface area contributed by atoms with Crippen molar-refractivity contribution in [2.45, 2.75) is 13.8 Å². The third-order valence-corrected chi connectivity index (χ3v) is 5.26. The molecule has 0 radical (unpaired) electrons. The van der Waals surface area contributed by atoms with Gasteiger partial charge in [0.2, 0.25) is 5.91 Å². The molecule has 32 heavy (non-hydrogen) atoms. The van der Waals surface area contributed by atoms with E-state index in [0.29, 0.717) is 29.4 Å². The Bertz CT molecular complexity index is 1120. The Kier molecular flexibility index (Phi) is 7.58. The topological polar surface area (TPSA) is 84.9 Å². The number of nitrogens with one attached hydrogen (secondary N) is 1. The van der Waals surface area contributed by atoms with E-state index in [0.717, 1.165) is 22.2 Å². The van der Waals surface area contributed by atoms with Crippen molar-refractivity contribution in [3.63, 3.8) is 0 Å². The van der Waals surface area contributed by atoms with Crippen molar-refractivity contribution in [3.8, 4) is 23.8 Å². The second-order valence-electron chi connectivity index (χ2n) is 6.82. The highest BCUT2D eigenvalue weighted by atomic mass is 32.2. The van der Waals surface area contributed by atoms with Gasteiger partial charge in [0.05, 0.1) is 11.5 Å². The van der Waals surface area contributed by atoms with Crippen LogP contribution in [0.5, 0.6) is 11.5 Å². The summed E-state index contributed by atoms with van der Waals surface area (Å²) in [4.78, 5) is 38.6. The fourth-order valence-corrected chi connectivity index (χ4v) is 3.81. The van der Waals surface area contributed by atoms with Gasteiger partial charge in [-0.15, -0.1) is 6.42 Å². The highest BCUT2D eigenvalue weighted by molar-refractivity contribution is 8.18. The molecule has 1 fully saturated rings. The van der Waals surface area contributed by atoms with Crippen LogP contribution in [0.2, 0.25) is 0 Å². The number of hydrogen-bond donors (Lipinski definition) is 1. The van der Waals surface area contributed by atoms with E-state index in [2.05, 4.69) is 11.2 Å². The molecular formula is C24H22N2O5S. The van der Waals surface area contributed by atoms with Crippen LogP contribution in [-0.4, -0.2) is 41.7 Å². The average Bonchev–Trinajstić information content (AvgIpc) is 3.00. The van der Waals surface area contributed by atoms with E-state index < -0.39 is 17.1 Å². The zero-order valence-electron chi connectivity index (χ0n) is 17.7. The van der Waals surface area contributed by atoms with Crippen LogP contribution in [0.4, 0.5) is 10.5 Å². The number of benzene rings is 2. The van der Waals surface area contributed by atoms with Crippen LogP contribution in [0.3, 0.4) is 0 Å². The summed E-state index contributed by atoms with van der Waals surface area (Å²) in [5.74, 6) is 2.39. The number of aryl methyl sites for hydroxylation is 1. The van der Waals surface area contributed by atoms with Crippen LogP contribution >= 0.6 is 11.8 Å². The third kappa shape index (κ3) is 5.71. The van der Waals surface area contributed by atoms with Gasteiger partial charge < -0.3 is 14.8 Å². The van der Waals surface area contributed by atoms with E-state index in [9.17, 15) is 14.4 Å². The number of ether oxygens (including phenoxy) is 2. The average molecular weight is 451 g/mol. The van der Waals surface area contributed by atoms with Crippen LogP contribution in [0.15, 0.2) is 47.4 Å². The van der Waals surface area contributed by atoms with Crippen molar-refractivity contribution >= 4 is 40.6 Å². The number of carbonyl (C=O) groups excluding carboxylic acids is 3.